The lowest BCUT2D eigenvalue weighted by Crippen LogP contribution is -2.60. The summed E-state index contributed by atoms with van der Waals surface area (Å²) in [4.78, 5) is 70.9. The minimum atomic E-state index is -1.88. The SMILES string of the molecule is CC[C@H]1OC(=O)[C@H](C)C(=O)[C@H](C)[C@@H](O[C@@H]2O[C@H](C)C[C@H](N(C)C)[C@H]2OC(C)=O)[C@@]2(C)C[C@@H](C)C(=NC(C)=O)[C@H](C)[C@@H](OCC(=NOCc3ccc(-c4ccno4)cn3)CO2)[C@]1(C)O. The molecule has 2 bridgehead atoms. The van der Waals surface area contributed by atoms with Crippen LogP contribution in [0, 0.1) is 23.7 Å². The second-order valence-electron chi connectivity index (χ2n) is 17.8. The fourth-order valence-electron chi connectivity index (χ4n) is 9.12. The van der Waals surface area contributed by atoms with Crippen molar-refractivity contribution in [1.29, 1.82) is 0 Å². The number of carbonyl (C=O) groups is 4. The van der Waals surface area contributed by atoms with Crippen molar-refractivity contribution in [1.82, 2.24) is 15.0 Å². The highest BCUT2D eigenvalue weighted by molar-refractivity contribution is 6.00. The predicted molar refractivity (Wildman–Crippen MR) is 228 cm³/mol. The second-order valence-corrected chi connectivity index (χ2v) is 17.8. The van der Waals surface area contributed by atoms with Crippen LogP contribution in [0.4, 0.5) is 0 Å². The Balaban J connectivity index is 1.66. The minimum Gasteiger partial charge on any atom is -0.459 e. The number of aromatic nitrogens is 2. The van der Waals surface area contributed by atoms with Gasteiger partial charge in [0.1, 0.15) is 23.3 Å². The van der Waals surface area contributed by atoms with Gasteiger partial charge in [-0.1, -0.05) is 38.0 Å². The summed E-state index contributed by atoms with van der Waals surface area (Å²) in [7, 11) is 3.74. The molecular weight excluding hydrogens is 819 g/mol. The van der Waals surface area contributed by atoms with Crippen molar-refractivity contribution in [3.8, 4) is 11.3 Å². The number of nitrogens with zero attached hydrogens (tertiary/aromatic N) is 5. The molecule has 3 aliphatic rings. The molecule has 348 valence electrons. The Morgan fingerprint density at radius 2 is 1.76 bits per heavy atom. The molecule has 18 heteroatoms. The number of carbonyl (C=O) groups excluding carboxylic acids is 4. The van der Waals surface area contributed by atoms with Gasteiger partial charge in [0.15, 0.2) is 30.5 Å². The maximum absolute atomic E-state index is 14.7. The number of hydrogen-bond donors (Lipinski definition) is 1. The van der Waals surface area contributed by atoms with E-state index in [1.165, 1.54) is 27.7 Å². The molecule has 63 heavy (non-hydrogen) atoms. The molecule has 13 atom stereocenters. The lowest BCUT2D eigenvalue weighted by atomic mass is 9.73. The van der Waals surface area contributed by atoms with Crippen LogP contribution in [0.3, 0.4) is 0 Å². The van der Waals surface area contributed by atoms with Crippen molar-refractivity contribution in [2.75, 3.05) is 27.3 Å². The fourth-order valence-corrected chi connectivity index (χ4v) is 9.12. The third-order valence-electron chi connectivity index (χ3n) is 12.4. The first kappa shape index (κ1) is 49.6. The van der Waals surface area contributed by atoms with Crippen LogP contribution in [0.1, 0.15) is 94.2 Å². The van der Waals surface area contributed by atoms with Crippen LogP contribution in [0.5, 0.6) is 0 Å². The molecule has 0 saturated carbocycles. The molecule has 18 nitrogen and oxygen atoms in total. The molecule has 3 fully saturated rings. The van der Waals surface area contributed by atoms with Crippen LogP contribution in [-0.2, 0) is 59.0 Å². The molecule has 2 aromatic heterocycles. The number of aliphatic hydroxyl groups is 1. The normalized spacial score (nSPS) is 36.3. The molecule has 3 aliphatic heterocycles. The third kappa shape index (κ3) is 11.8. The van der Waals surface area contributed by atoms with E-state index < -0.39 is 89.2 Å². The molecule has 1 N–H and O–H groups in total. The average molecular weight is 884 g/mol. The summed E-state index contributed by atoms with van der Waals surface area (Å²) in [5.74, 6) is -5.53. The van der Waals surface area contributed by atoms with Crippen LogP contribution < -0.4 is 0 Å². The lowest BCUT2D eigenvalue weighted by molar-refractivity contribution is -0.298. The lowest BCUT2D eigenvalue weighted by Gasteiger charge is -2.48. The predicted octanol–water partition coefficient (Wildman–Crippen LogP) is 4.74. The Labute approximate surface area is 369 Å². The Hall–Kier alpha value is -4.46. The van der Waals surface area contributed by atoms with Crippen molar-refractivity contribution < 1.29 is 62.1 Å². The van der Waals surface area contributed by atoms with E-state index in [4.69, 9.17) is 37.8 Å². The number of rotatable bonds is 9. The van der Waals surface area contributed by atoms with Gasteiger partial charge in [-0.3, -0.25) is 24.2 Å². The number of hydrogen-bond acceptors (Lipinski definition) is 17. The molecule has 5 heterocycles. The standard InChI is InChI=1S/C45H65N5O13/c1-13-36-45(10,55)41-26(4)37(48-29(7)51)24(2)19-44(9,57-22-33(21-56-41)49-58-23-32-15-14-31(20-46-32)35-16-17-47-63-35)40(27(5)38(53)28(6)42(54)61-36)62-43-39(60-30(8)52)34(50(11)12)18-25(3)59-43/h14-17,20,24-28,34,36,39-41,43,55H,13,18-19,21-23H2,1-12H3/t24-,25-,26+,27+,28-,34+,36-,39-,40-,41-,43+,44-,45-/m1/s1. The zero-order valence-corrected chi connectivity index (χ0v) is 38.6. The van der Waals surface area contributed by atoms with Crippen molar-refractivity contribution in [2.45, 2.75) is 149 Å². The smallest absolute Gasteiger partial charge is 0.316 e. The minimum absolute atomic E-state index is 0.0355. The maximum atomic E-state index is 14.7. The van der Waals surface area contributed by atoms with Crippen LogP contribution in [-0.4, -0.2) is 137 Å². The first-order valence-electron chi connectivity index (χ1n) is 21.7. The third-order valence-corrected chi connectivity index (χ3v) is 12.4. The number of cyclic esters (lactones) is 1. The van der Waals surface area contributed by atoms with E-state index in [1.807, 2.05) is 38.9 Å². The maximum Gasteiger partial charge on any atom is 0.316 e. The van der Waals surface area contributed by atoms with E-state index in [0.29, 0.717) is 23.6 Å². The number of Topliss-reactive ketones (excluding diaryl/α,β-unsaturated/α-hetero) is 1. The number of fused-ring (bicyclic) bond motifs is 5. The van der Waals surface area contributed by atoms with Gasteiger partial charge >= 0.3 is 11.9 Å². The Kier molecular flexibility index (Phi) is 16.5. The number of ether oxygens (including phenoxy) is 6. The molecule has 0 aromatic carbocycles. The van der Waals surface area contributed by atoms with Gasteiger partial charge in [-0.25, -0.2) is 4.99 Å². The highest BCUT2D eigenvalue weighted by Gasteiger charge is 2.53. The van der Waals surface area contributed by atoms with Crippen molar-refractivity contribution >= 4 is 35.1 Å². The molecule has 0 spiro atoms. The highest BCUT2D eigenvalue weighted by Crippen LogP contribution is 2.40. The number of esters is 2. The van der Waals surface area contributed by atoms with Gasteiger partial charge in [-0.15, -0.1) is 0 Å². The van der Waals surface area contributed by atoms with E-state index in [0.717, 1.165) is 5.56 Å². The number of oxime groups is 1. The quantitative estimate of drug-likeness (QED) is 0.204. The topological polar surface area (TPSA) is 220 Å². The Morgan fingerprint density at radius 1 is 1.03 bits per heavy atom. The molecule has 3 saturated heterocycles. The number of aliphatic imine (C=N–C) groups is 1. The Bertz CT molecular complexity index is 1950. The summed E-state index contributed by atoms with van der Waals surface area (Å²) in [5, 5.41) is 20.7. The average Bonchev–Trinajstić information content (AvgIpc) is 3.76. The zero-order chi connectivity index (χ0) is 46.4. The molecule has 5 rings (SSSR count). The van der Waals surface area contributed by atoms with Gasteiger partial charge in [-0.05, 0) is 79.1 Å². The van der Waals surface area contributed by atoms with E-state index in [1.54, 1.807) is 52.2 Å². The van der Waals surface area contributed by atoms with E-state index >= 15 is 0 Å². The van der Waals surface area contributed by atoms with Gasteiger partial charge in [0.05, 0.1) is 55.1 Å². The van der Waals surface area contributed by atoms with E-state index in [2.05, 4.69) is 20.3 Å². The largest absolute Gasteiger partial charge is 0.459 e. The van der Waals surface area contributed by atoms with Crippen molar-refractivity contribution in [2.24, 2.45) is 33.8 Å². The van der Waals surface area contributed by atoms with E-state index in [9.17, 15) is 24.3 Å². The van der Waals surface area contributed by atoms with Gasteiger partial charge < -0.3 is 47.8 Å². The van der Waals surface area contributed by atoms with Crippen LogP contribution in [0.15, 0.2) is 45.3 Å². The van der Waals surface area contributed by atoms with Gasteiger partial charge in [0.25, 0.3) is 0 Å². The number of amides is 1. The molecule has 0 radical (unpaired) electrons. The first-order valence-corrected chi connectivity index (χ1v) is 21.7. The van der Waals surface area contributed by atoms with E-state index in [-0.39, 0.29) is 50.5 Å². The van der Waals surface area contributed by atoms with Crippen molar-refractivity contribution in [3.63, 3.8) is 0 Å². The highest BCUT2D eigenvalue weighted by atomic mass is 16.7. The fraction of sp³-hybridized carbons (Fsp3) is 0.689. The molecule has 0 aliphatic carbocycles. The zero-order valence-electron chi connectivity index (χ0n) is 38.6. The molecule has 2 aromatic rings. The summed E-state index contributed by atoms with van der Waals surface area (Å²) in [5.41, 5.74) is -1.41. The van der Waals surface area contributed by atoms with Crippen LogP contribution in [0.25, 0.3) is 11.3 Å². The van der Waals surface area contributed by atoms with Crippen LogP contribution >= 0.6 is 0 Å². The van der Waals surface area contributed by atoms with Gasteiger partial charge in [0.2, 0.25) is 5.91 Å². The van der Waals surface area contributed by atoms with Crippen LogP contribution in [0.2, 0.25) is 0 Å². The number of likely N-dealkylation sites (N-methyl/N-ethyl adjacent to an activating group) is 1. The summed E-state index contributed by atoms with van der Waals surface area (Å²) in [6.07, 6.45) is -2.00. The number of pyridine rings is 1. The van der Waals surface area contributed by atoms with Gasteiger partial charge in [-0.2, -0.15) is 0 Å². The monoisotopic (exact) mass is 883 g/mol. The number of ketones is 1. The summed E-state index contributed by atoms with van der Waals surface area (Å²) in [6, 6.07) is 4.98. The Morgan fingerprint density at radius 3 is 2.37 bits per heavy atom. The molecule has 0 unspecified atom stereocenters. The summed E-state index contributed by atoms with van der Waals surface area (Å²) in [6.45, 7) is 15.8. The molecule has 1 amide bonds. The van der Waals surface area contributed by atoms with Crippen molar-refractivity contribution in [3.05, 3.63) is 36.3 Å². The first-order chi connectivity index (χ1) is 29.7. The van der Waals surface area contributed by atoms with Gasteiger partial charge in [0, 0.05) is 49.2 Å². The summed E-state index contributed by atoms with van der Waals surface area (Å²) >= 11 is 0. The molecular formula is C45H65N5O13. The summed E-state index contributed by atoms with van der Waals surface area (Å²) < 4.78 is 44.0. The second kappa shape index (κ2) is 21.0.